The zero-order chi connectivity index (χ0) is 24.2. The van der Waals surface area contributed by atoms with Crippen LogP contribution in [-0.4, -0.2) is 14.3 Å². The minimum atomic E-state index is -4.12. The van der Waals surface area contributed by atoms with Crippen molar-refractivity contribution < 1.29 is 17.4 Å². The van der Waals surface area contributed by atoms with E-state index in [1.165, 1.54) is 24.3 Å². The Bertz CT molecular complexity index is 1380. The normalized spacial score (nSPS) is 11.5. The van der Waals surface area contributed by atoms with Gasteiger partial charge in [-0.15, -0.1) is 0 Å². The van der Waals surface area contributed by atoms with Crippen LogP contribution in [0.4, 0.5) is 5.69 Å². The number of aryl methyl sites for hydroxylation is 1. The number of halogens is 3. The van der Waals surface area contributed by atoms with Crippen LogP contribution in [0.5, 0.6) is 5.75 Å². The third-order valence-corrected chi connectivity index (χ3v) is 7.29. The summed E-state index contributed by atoms with van der Waals surface area (Å²) in [4.78, 5) is 12.8. The first-order valence-electron chi connectivity index (χ1n) is 9.28. The molecule has 6 nitrogen and oxygen atoms in total. The van der Waals surface area contributed by atoms with Crippen molar-refractivity contribution in [3.05, 3.63) is 90.8 Å². The minimum absolute atomic E-state index is 0.0184. The van der Waals surface area contributed by atoms with E-state index in [1.807, 2.05) is 25.1 Å². The lowest BCUT2D eigenvalue weighted by molar-refractivity contribution is -0.112. The van der Waals surface area contributed by atoms with Gasteiger partial charge in [-0.1, -0.05) is 34.1 Å². The molecule has 0 radical (unpaired) electrons. The highest BCUT2D eigenvalue weighted by atomic mass is 79.9. The van der Waals surface area contributed by atoms with Gasteiger partial charge < -0.3 is 9.50 Å². The molecule has 0 spiro atoms. The molecule has 0 saturated heterocycles. The summed E-state index contributed by atoms with van der Waals surface area (Å²) in [5.74, 6) is -0.695. The van der Waals surface area contributed by atoms with Gasteiger partial charge in [-0.3, -0.25) is 4.79 Å². The molecule has 0 fully saturated rings. The predicted octanol–water partition coefficient (Wildman–Crippen LogP) is 6.60. The topological polar surface area (TPSA) is 96.3 Å². The summed E-state index contributed by atoms with van der Waals surface area (Å²) >= 11 is 10.1. The van der Waals surface area contributed by atoms with Crippen molar-refractivity contribution in [1.82, 2.24) is 0 Å². The lowest BCUT2D eigenvalue weighted by Gasteiger charge is -2.12. The van der Waals surface area contributed by atoms with Crippen molar-refractivity contribution in [2.45, 2.75) is 11.8 Å². The second kappa shape index (κ2) is 10.7. The van der Waals surface area contributed by atoms with Crippen LogP contribution in [0.15, 0.2) is 84.6 Å². The lowest BCUT2D eigenvalue weighted by atomic mass is 10.1. The van der Waals surface area contributed by atoms with E-state index in [1.54, 1.807) is 30.3 Å². The number of carbonyl (C=O) groups excluding carboxylic acids is 1. The maximum atomic E-state index is 12.8. The third kappa shape index (κ3) is 6.32. The Balaban J connectivity index is 1.97. The van der Waals surface area contributed by atoms with E-state index in [0.29, 0.717) is 19.1 Å². The molecule has 0 aliphatic heterocycles. The van der Waals surface area contributed by atoms with Gasteiger partial charge >= 0.3 is 10.1 Å². The van der Waals surface area contributed by atoms with Crippen LogP contribution >= 0.6 is 47.8 Å². The highest BCUT2D eigenvalue weighted by molar-refractivity contribution is 9.11. The van der Waals surface area contributed by atoms with Crippen LogP contribution in [0.2, 0.25) is 0 Å². The van der Waals surface area contributed by atoms with E-state index >= 15 is 0 Å². The van der Waals surface area contributed by atoms with E-state index < -0.39 is 16.0 Å². The zero-order valence-electron chi connectivity index (χ0n) is 17.0. The molecule has 33 heavy (non-hydrogen) atoms. The molecular formula is C23H15Br3N2O4S. The highest BCUT2D eigenvalue weighted by Crippen LogP contribution is 2.33. The average Bonchev–Trinajstić information content (AvgIpc) is 2.76. The van der Waals surface area contributed by atoms with Crippen molar-refractivity contribution in [3.8, 4) is 11.8 Å². The maximum Gasteiger partial charge on any atom is 0.339 e. The summed E-state index contributed by atoms with van der Waals surface area (Å²) in [6.07, 6.45) is 1.27. The van der Waals surface area contributed by atoms with E-state index in [2.05, 4.69) is 53.1 Å². The molecule has 0 saturated carbocycles. The van der Waals surface area contributed by atoms with Gasteiger partial charge in [0.15, 0.2) is 0 Å². The zero-order valence-corrected chi connectivity index (χ0v) is 22.5. The van der Waals surface area contributed by atoms with Crippen LogP contribution in [0.1, 0.15) is 11.1 Å². The summed E-state index contributed by atoms with van der Waals surface area (Å²) in [5, 5.41) is 12.3. The Morgan fingerprint density at radius 1 is 1.03 bits per heavy atom. The third-order valence-electron chi connectivity index (χ3n) is 4.29. The smallest absolute Gasteiger partial charge is 0.339 e. The lowest BCUT2D eigenvalue weighted by Crippen LogP contribution is -2.15. The quantitative estimate of drug-likeness (QED) is 0.184. The van der Waals surface area contributed by atoms with Crippen LogP contribution in [-0.2, 0) is 14.9 Å². The molecule has 1 amide bonds. The molecule has 0 aliphatic rings. The minimum Gasteiger partial charge on any atom is -0.378 e. The monoisotopic (exact) mass is 652 g/mol. The first kappa shape index (κ1) is 25.2. The van der Waals surface area contributed by atoms with Gasteiger partial charge in [0.05, 0.1) is 5.69 Å². The molecule has 1 N–H and O–H groups in total. The number of nitriles is 1. The van der Waals surface area contributed by atoms with Gasteiger partial charge in [-0.05, 0) is 92.9 Å². The number of benzene rings is 3. The molecule has 3 aromatic rings. The molecule has 0 unspecified atom stereocenters. The van der Waals surface area contributed by atoms with Gasteiger partial charge in [0.2, 0.25) is 0 Å². The predicted molar refractivity (Wildman–Crippen MR) is 137 cm³/mol. The second-order valence-corrected chi connectivity index (χ2v) is 10.9. The van der Waals surface area contributed by atoms with Crippen LogP contribution in [0, 0.1) is 18.3 Å². The van der Waals surface area contributed by atoms with E-state index in [9.17, 15) is 18.5 Å². The number of anilines is 1. The Morgan fingerprint density at radius 3 is 2.27 bits per heavy atom. The van der Waals surface area contributed by atoms with Gasteiger partial charge in [-0.2, -0.15) is 13.7 Å². The number of hydrogen-bond acceptors (Lipinski definition) is 5. The largest absolute Gasteiger partial charge is 0.378 e. The van der Waals surface area contributed by atoms with Crippen LogP contribution in [0.3, 0.4) is 0 Å². The Hall–Kier alpha value is -2.45. The van der Waals surface area contributed by atoms with Gasteiger partial charge in [0.1, 0.15) is 22.3 Å². The number of rotatable bonds is 6. The molecule has 0 atom stereocenters. The molecular weight excluding hydrogens is 640 g/mol. The number of hydrogen-bond donors (Lipinski definition) is 1. The molecule has 3 rings (SSSR count). The number of nitrogens with one attached hydrogen (secondary N) is 1. The standard InChI is InChI=1S/C23H15Br3N2O4S/c1-14-9-19(25)22(20(26)10-14)28-23(29)16(13-27)11-15-12-17(24)7-8-21(15)32-33(30,31)18-5-3-2-4-6-18/h2-12H,1H3,(H,28,29)/b16-11+. The van der Waals surface area contributed by atoms with Crippen molar-refractivity contribution in [1.29, 1.82) is 5.26 Å². The molecule has 0 aromatic heterocycles. The van der Waals surface area contributed by atoms with Crippen molar-refractivity contribution >= 4 is 75.6 Å². The van der Waals surface area contributed by atoms with Crippen molar-refractivity contribution in [3.63, 3.8) is 0 Å². The van der Waals surface area contributed by atoms with Gasteiger partial charge in [-0.25, -0.2) is 0 Å². The molecule has 10 heteroatoms. The number of amides is 1. The molecule has 168 valence electrons. The van der Waals surface area contributed by atoms with Crippen molar-refractivity contribution in [2.75, 3.05) is 5.32 Å². The summed E-state index contributed by atoms with van der Waals surface area (Å²) < 4.78 is 32.5. The maximum absolute atomic E-state index is 12.8. The van der Waals surface area contributed by atoms with Gasteiger partial charge in [0.25, 0.3) is 5.91 Å². The fourth-order valence-electron chi connectivity index (χ4n) is 2.77. The summed E-state index contributed by atoms with van der Waals surface area (Å²) in [6, 6.07) is 17.8. The average molecular weight is 655 g/mol. The number of carbonyl (C=O) groups is 1. The second-order valence-electron chi connectivity index (χ2n) is 6.76. The fraction of sp³-hybridized carbons (Fsp3) is 0.0435. The van der Waals surface area contributed by atoms with Crippen LogP contribution < -0.4 is 9.50 Å². The summed E-state index contributed by atoms with van der Waals surface area (Å²) in [5.41, 5.74) is 1.43. The molecule has 3 aromatic carbocycles. The summed E-state index contributed by atoms with van der Waals surface area (Å²) in [7, 11) is -4.12. The first-order valence-corrected chi connectivity index (χ1v) is 13.1. The molecule has 0 bridgehead atoms. The van der Waals surface area contributed by atoms with Crippen molar-refractivity contribution in [2.24, 2.45) is 0 Å². The van der Waals surface area contributed by atoms with E-state index in [-0.39, 0.29) is 21.8 Å². The highest BCUT2D eigenvalue weighted by Gasteiger charge is 2.20. The fourth-order valence-corrected chi connectivity index (χ4v) is 5.73. The first-order chi connectivity index (χ1) is 15.6. The molecule has 0 heterocycles. The Morgan fingerprint density at radius 2 is 1.67 bits per heavy atom. The van der Waals surface area contributed by atoms with Gasteiger partial charge in [0, 0.05) is 19.0 Å². The Kier molecular flexibility index (Phi) is 8.13. The SMILES string of the molecule is Cc1cc(Br)c(NC(=O)/C(C#N)=C/c2cc(Br)ccc2OS(=O)(=O)c2ccccc2)c(Br)c1. The van der Waals surface area contributed by atoms with E-state index in [0.717, 1.165) is 5.56 Å². The van der Waals surface area contributed by atoms with Crippen LogP contribution in [0.25, 0.3) is 6.08 Å². The Labute approximate surface area is 216 Å². The summed E-state index contributed by atoms with van der Waals surface area (Å²) in [6.45, 7) is 1.90. The molecule has 0 aliphatic carbocycles. The van der Waals surface area contributed by atoms with E-state index in [4.69, 9.17) is 4.18 Å². The number of nitrogens with zero attached hydrogens (tertiary/aromatic N) is 1.